The second-order valence-corrected chi connectivity index (χ2v) is 2.79. The van der Waals surface area contributed by atoms with E-state index in [2.05, 4.69) is 11.2 Å². The van der Waals surface area contributed by atoms with Gasteiger partial charge in [0.2, 0.25) is 0 Å². The minimum Gasteiger partial charge on any atom is -0.490 e. The summed E-state index contributed by atoms with van der Waals surface area (Å²) in [6.45, 7) is 0. The predicted octanol–water partition coefficient (Wildman–Crippen LogP) is 1.81. The third-order valence-electron chi connectivity index (χ3n) is 1.95. The van der Waals surface area contributed by atoms with Crippen molar-refractivity contribution in [1.82, 2.24) is 4.98 Å². The zero-order valence-electron chi connectivity index (χ0n) is 6.29. The van der Waals surface area contributed by atoms with E-state index in [4.69, 9.17) is 4.74 Å². The number of pyridine rings is 1. The van der Waals surface area contributed by atoms with Crippen molar-refractivity contribution in [1.29, 1.82) is 0 Å². The molecule has 0 aromatic carbocycles. The smallest absolute Gasteiger partial charge is 0.123 e. The van der Waals surface area contributed by atoms with Crippen LogP contribution in [0.5, 0.6) is 5.75 Å². The Labute approximate surface area is 66.2 Å². The Morgan fingerprint density at radius 3 is 3.00 bits per heavy atom. The molecule has 0 aliphatic heterocycles. The number of hydrogen-bond donors (Lipinski definition) is 0. The molecular weight excluding hydrogens is 138 g/mol. The summed E-state index contributed by atoms with van der Waals surface area (Å²) in [6, 6.07) is 3.65. The summed E-state index contributed by atoms with van der Waals surface area (Å²) < 4.78 is 5.58. The molecule has 2 heteroatoms. The molecule has 0 amide bonds. The average Bonchev–Trinajstić information content (AvgIpc) is 1.99. The van der Waals surface area contributed by atoms with Crippen LogP contribution in [-0.4, -0.2) is 11.1 Å². The standard InChI is InChI=1S/C9H10NO/c1-2-8(3-1)11-9-4-6-10-7-5-9/h4-6,8H,1-3H2. The maximum absolute atomic E-state index is 5.58. The highest BCUT2D eigenvalue weighted by molar-refractivity contribution is 5.16. The van der Waals surface area contributed by atoms with Gasteiger partial charge in [0.25, 0.3) is 0 Å². The molecule has 0 spiro atoms. The van der Waals surface area contributed by atoms with Gasteiger partial charge in [-0.05, 0) is 25.3 Å². The molecule has 0 N–H and O–H groups in total. The molecule has 2 nitrogen and oxygen atoms in total. The van der Waals surface area contributed by atoms with E-state index < -0.39 is 0 Å². The van der Waals surface area contributed by atoms with Crippen molar-refractivity contribution in [3.05, 3.63) is 24.5 Å². The maximum atomic E-state index is 5.58. The molecule has 0 saturated heterocycles. The molecule has 1 aliphatic rings. The lowest BCUT2D eigenvalue weighted by Crippen LogP contribution is -2.24. The van der Waals surface area contributed by atoms with Crippen molar-refractivity contribution in [2.45, 2.75) is 25.4 Å². The number of rotatable bonds is 2. The second kappa shape index (κ2) is 2.91. The molecule has 0 unspecified atom stereocenters. The Morgan fingerprint density at radius 1 is 1.55 bits per heavy atom. The second-order valence-electron chi connectivity index (χ2n) is 2.79. The summed E-state index contributed by atoms with van der Waals surface area (Å²) in [5.74, 6) is 0.893. The van der Waals surface area contributed by atoms with Gasteiger partial charge in [-0.2, -0.15) is 0 Å². The molecular formula is C9H10NO. The van der Waals surface area contributed by atoms with Gasteiger partial charge in [0.15, 0.2) is 0 Å². The average molecular weight is 148 g/mol. The zero-order valence-corrected chi connectivity index (χ0v) is 6.29. The van der Waals surface area contributed by atoms with E-state index in [9.17, 15) is 0 Å². The van der Waals surface area contributed by atoms with E-state index in [-0.39, 0.29) is 0 Å². The van der Waals surface area contributed by atoms with Gasteiger partial charge < -0.3 is 4.74 Å². The molecule has 1 fully saturated rings. The molecule has 1 aliphatic carbocycles. The van der Waals surface area contributed by atoms with Gasteiger partial charge in [0, 0.05) is 12.3 Å². The van der Waals surface area contributed by atoms with Gasteiger partial charge in [0.1, 0.15) is 5.75 Å². The topological polar surface area (TPSA) is 22.1 Å². The highest BCUT2D eigenvalue weighted by Gasteiger charge is 2.18. The quantitative estimate of drug-likeness (QED) is 0.638. The highest BCUT2D eigenvalue weighted by atomic mass is 16.5. The summed E-state index contributed by atoms with van der Waals surface area (Å²) in [5.41, 5.74) is 0. The van der Waals surface area contributed by atoms with Crippen LogP contribution in [-0.2, 0) is 0 Å². The van der Waals surface area contributed by atoms with E-state index in [1.807, 2.05) is 6.07 Å². The van der Waals surface area contributed by atoms with Crippen LogP contribution in [0.25, 0.3) is 0 Å². The molecule has 11 heavy (non-hydrogen) atoms. The van der Waals surface area contributed by atoms with E-state index in [0.29, 0.717) is 6.10 Å². The van der Waals surface area contributed by atoms with E-state index in [1.165, 1.54) is 19.3 Å². The molecule has 1 saturated carbocycles. The first-order chi connectivity index (χ1) is 5.45. The third kappa shape index (κ3) is 1.50. The fourth-order valence-corrected chi connectivity index (χ4v) is 1.06. The lowest BCUT2D eigenvalue weighted by molar-refractivity contribution is 0.120. The molecule has 1 aromatic heterocycles. The normalized spacial score (nSPS) is 17.5. The van der Waals surface area contributed by atoms with Gasteiger partial charge in [0.05, 0.1) is 12.3 Å². The van der Waals surface area contributed by atoms with Crippen molar-refractivity contribution in [2.75, 3.05) is 0 Å². The summed E-state index contributed by atoms with van der Waals surface area (Å²) in [7, 11) is 0. The Balaban J connectivity index is 1.95. The molecule has 0 bridgehead atoms. The molecule has 1 aromatic rings. The van der Waals surface area contributed by atoms with Crippen molar-refractivity contribution in [2.24, 2.45) is 0 Å². The summed E-state index contributed by atoms with van der Waals surface area (Å²) >= 11 is 0. The first-order valence-corrected chi connectivity index (χ1v) is 3.94. The molecule has 2 rings (SSSR count). The van der Waals surface area contributed by atoms with Crippen LogP contribution >= 0.6 is 0 Å². The summed E-state index contributed by atoms with van der Waals surface area (Å²) in [6.07, 6.45) is 8.59. The Hall–Kier alpha value is -1.05. The van der Waals surface area contributed by atoms with Crippen molar-refractivity contribution >= 4 is 0 Å². The van der Waals surface area contributed by atoms with Gasteiger partial charge in [-0.3, -0.25) is 4.98 Å². The number of aromatic nitrogens is 1. The minimum atomic E-state index is 0.450. The van der Waals surface area contributed by atoms with Crippen LogP contribution in [0.4, 0.5) is 0 Å². The van der Waals surface area contributed by atoms with Crippen molar-refractivity contribution in [3.8, 4) is 5.75 Å². The van der Waals surface area contributed by atoms with E-state index in [1.54, 1.807) is 12.3 Å². The number of hydrogen-bond acceptors (Lipinski definition) is 2. The third-order valence-corrected chi connectivity index (χ3v) is 1.95. The minimum absolute atomic E-state index is 0.450. The SMILES string of the molecule is [c]1cc(OC2CCC2)ccn1. The maximum Gasteiger partial charge on any atom is 0.123 e. The highest BCUT2D eigenvalue weighted by Crippen LogP contribution is 2.24. The molecule has 1 radical (unpaired) electrons. The first kappa shape index (κ1) is 6.65. The fraction of sp³-hybridized carbons (Fsp3) is 0.444. The molecule has 1 heterocycles. The van der Waals surface area contributed by atoms with E-state index in [0.717, 1.165) is 5.75 Å². The monoisotopic (exact) mass is 148 g/mol. The van der Waals surface area contributed by atoms with Gasteiger partial charge in [-0.25, -0.2) is 0 Å². The van der Waals surface area contributed by atoms with E-state index >= 15 is 0 Å². The Morgan fingerprint density at radius 2 is 2.45 bits per heavy atom. The van der Waals surface area contributed by atoms with Crippen LogP contribution < -0.4 is 4.74 Å². The van der Waals surface area contributed by atoms with Crippen molar-refractivity contribution < 1.29 is 4.74 Å². The lowest BCUT2D eigenvalue weighted by atomic mass is 9.96. The van der Waals surface area contributed by atoms with Crippen molar-refractivity contribution in [3.63, 3.8) is 0 Å². The number of ether oxygens (including phenoxy) is 1. The van der Waals surface area contributed by atoms with Gasteiger partial charge in [-0.15, -0.1) is 0 Å². The first-order valence-electron chi connectivity index (χ1n) is 3.94. The van der Waals surface area contributed by atoms with Crippen LogP contribution in [0.2, 0.25) is 0 Å². The largest absolute Gasteiger partial charge is 0.490 e. The van der Waals surface area contributed by atoms with Crippen LogP contribution in [0, 0.1) is 6.20 Å². The van der Waals surface area contributed by atoms with Gasteiger partial charge >= 0.3 is 0 Å². The van der Waals surface area contributed by atoms with Gasteiger partial charge in [-0.1, -0.05) is 0 Å². The number of nitrogens with zero attached hydrogens (tertiary/aromatic N) is 1. The zero-order chi connectivity index (χ0) is 7.52. The predicted molar refractivity (Wildman–Crippen MR) is 41.3 cm³/mol. The Bertz CT molecular complexity index is 218. The Kier molecular flexibility index (Phi) is 1.76. The van der Waals surface area contributed by atoms with Crippen LogP contribution in [0.1, 0.15) is 19.3 Å². The van der Waals surface area contributed by atoms with Crippen LogP contribution in [0.15, 0.2) is 18.3 Å². The summed E-state index contributed by atoms with van der Waals surface area (Å²) in [5, 5.41) is 0. The molecule has 0 atom stereocenters. The fourth-order valence-electron chi connectivity index (χ4n) is 1.06. The lowest BCUT2D eigenvalue weighted by Gasteiger charge is -2.26. The summed E-state index contributed by atoms with van der Waals surface area (Å²) in [4.78, 5) is 3.79. The molecule has 57 valence electrons. The van der Waals surface area contributed by atoms with Crippen LogP contribution in [0.3, 0.4) is 0 Å².